The van der Waals surface area contributed by atoms with E-state index in [1.807, 2.05) is 19.2 Å². The van der Waals surface area contributed by atoms with Crippen LogP contribution >= 0.6 is 0 Å². The van der Waals surface area contributed by atoms with Gasteiger partial charge in [0.25, 0.3) is 0 Å². The minimum absolute atomic E-state index is 0.227. The molecule has 0 N–H and O–H groups in total. The van der Waals surface area contributed by atoms with Gasteiger partial charge in [-0.25, -0.2) is 0 Å². The van der Waals surface area contributed by atoms with Gasteiger partial charge in [-0.3, -0.25) is 14.8 Å². The minimum atomic E-state index is -0.227. The molecule has 2 heterocycles. The van der Waals surface area contributed by atoms with E-state index in [9.17, 15) is 5.26 Å². The molecule has 5 nitrogen and oxygen atoms in total. The standard InChI is InChI=1S/C14H20N4O/c1-17(5-6-18-7-9-19-10-8-18)14(11-15)13-3-2-4-16-12-13/h2-4,12,14H,5-10H2,1H3. The van der Waals surface area contributed by atoms with Crippen molar-refractivity contribution in [1.29, 1.82) is 5.26 Å². The molecule has 1 aromatic heterocycles. The maximum Gasteiger partial charge on any atom is 0.125 e. The molecule has 0 spiro atoms. The summed E-state index contributed by atoms with van der Waals surface area (Å²) in [5, 5.41) is 9.33. The molecule has 0 amide bonds. The Morgan fingerprint density at radius 2 is 2.32 bits per heavy atom. The predicted molar refractivity (Wildman–Crippen MR) is 72.5 cm³/mol. The number of rotatable bonds is 5. The summed E-state index contributed by atoms with van der Waals surface area (Å²) in [7, 11) is 1.99. The van der Waals surface area contributed by atoms with Crippen molar-refractivity contribution < 1.29 is 4.74 Å². The topological polar surface area (TPSA) is 52.4 Å². The van der Waals surface area contributed by atoms with Crippen molar-refractivity contribution in [3.05, 3.63) is 30.1 Å². The van der Waals surface area contributed by atoms with E-state index in [2.05, 4.69) is 20.9 Å². The fraction of sp³-hybridized carbons (Fsp3) is 0.571. The van der Waals surface area contributed by atoms with Crippen LogP contribution in [0.4, 0.5) is 0 Å². The third-order valence-electron chi connectivity index (χ3n) is 3.44. The van der Waals surface area contributed by atoms with Crippen molar-refractivity contribution in [2.24, 2.45) is 0 Å². The molecule has 0 bridgehead atoms. The maximum absolute atomic E-state index is 9.33. The molecule has 1 unspecified atom stereocenters. The van der Waals surface area contributed by atoms with Crippen LogP contribution in [0.15, 0.2) is 24.5 Å². The first-order valence-electron chi connectivity index (χ1n) is 6.61. The Hall–Kier alpha value is -1.48. The number of morpholine rings is 1. The fourth-order valence-corrected chi connectivity index (χ4v) is 2.22. The molecule has 19 heavy (non-hydrogen) atoms. The van der Waals surface area contributed by atoms with Crippen molar-refractivity contribution >= 4 is 0 Å². The van der Waals surface area contributed by atoms with E-state index < -0.39 is 0 Å². The summed E-state index contributed by atoms with van der Waals surface area (Å²) in [6.07, 6.45) is 3.49. The van der Waals surface area contributed by atoms with Crippen LogP contribution in [0.5, 0.6) is 0 Å². The number of hydrogen-bond acceptors (Lipinski definition) is 5. The van der Waals surface area contributed by atoms with Gasteiger partial charge in [-0.1, -0.05) is 6.07 Å². The Balaban J connectivity index is 1.87. The first-order valence-corrected chi connectivity index (χ1v) is 6.61. The summed E-state index contributed by atoms with van der Waals surface area (Å²) in [5.41, 5.74) is 0.953. The molecule has 2 rings (SSSR count). The molecule has 1 aliphatic heterocycles. The lowest BCUT2D eigenvalue weighted by Gasteiger charge is -2.30. The highest BCUT2D eigenvalue weighted by Gasteiger charge is 2.18. The second-order valence-electron chi connectivity index (χ2n) is 4.75. The van der Waals surface area contributed by atoms with Crippen LogP contribution in [0.1, 0.15) is 11.6 Å². The van der Waals surface area contributed by atoms with Crippen LogP contribution in [0.25, 0.3) is 0 Å². The lowest BCUT2D eigenvalue weighted by atomic mass is 10.1. The number of pyridine rings is 1. The van der Waals surface area contributed by atoms with Gasteiger partial charge in [0, 0.05) is 44.1 Å². The van der Waals surface area contributed by atoms with Gasteiger partial charge in [-0.2, -0.15) is 5.26 Å². The lowest BCUT2D eigenvalue weighted by Crippen LogP contribution is -2.41. The lowest BCUT2D eigenvalue weighted by molar-refractivity contribution is 0.0335. The number of hydrogen-bond donors (Lipinski definition) is 0. The van der Waals surface area contributed by atoms with Gasteiger partial charge >= 0.3 is 0 Å². The number of ether oxygens (including phenoxy) is 1. The highest BCUT2D eigenvalue weighted by molar-refractivity contribution is 5.20. The Labute approximate surface area is 114 Å². The quantitative estimate of drug-likeness (QED) is 0.787. The second-order valence-corrected chi connectivity index (χ2v) is 4.75. The van der Waals surface area contributed by atoms with Crippen LogP contribution in [0.2, 0.25) is 0 Å². The molecular weight excluding hydrogens is 240 g/mol. The Morgan fingerprint density at radius 3 is 2.95 bits per heavy atom. The Kier molecular flexibility index (Phi) is 5.28. The predicted octanol–water partition coefficient (Wildman–Crippen LogP) is 0.910. The van der Waals surface area contributed by atoms with Gasteiger partial charge in [0.05, 0.1) is 19.3 Å². The van der Waals surface area contributed by atoms with Crippen LogP contribution in [-0.2, 0) is 4.74 Å². The summed E-state index contributed by atoms with van der Waals surface area (Å²) < 4.78 is 5.33. The molecular formula is C14H20N4O. The third kappa shape index (κ3) is 4.00. The summed E-state index contributed by atoms with van der Waals surface area (Å²) in [4.78, 5) is 8.53. The average molecular weight is 260 g/mol. The van der Waals surface area contributed by atoms with Gasteiger partial charge in [-0.05, 0) is 13.1 Å². The van der Waals surface area contributed by atoms with Crippen molar-refractivity contribution in [3.8, 4) is 6.07 Å². The van der Waals surface area contributed by atoms with Crippen molar-refractivity contribution in [3.63, 3.8) is 0 Å². The van der Waals surface area contributed by atoms with E-state index in [-0.39, 0.29) is 6.04 Å². The molecule has 1 fully saturated rings. The molecule has 0 saturated carbocycles. The smallest absolute Gasteiger partial charge is 0.125 e. The van der Waals surface area contributed by atoms with E-state index >= 15 is 0 Å². The first kappa shape index (κ1) is 13.9. The minimum Gasteiger partial charge on any atom is -0.379 e. The molecule has 1 aromatic rings. The number of likely N-dealkylation sites (N-methyl/N-ethyl adjacent to an activating group) is 1. The van der Waals surface area contributed by atoms with Crippen LogP contribution in [0.3, 0.4) is 0 Å². The van der Waals surface area contributed by atoms with E-state index in [0.717, 1.165) is 45.0 Å². The fourth-order valence-electron chi connectivity index (χ4n) is 2.22. The van der Waals surface area contributed by atoms with Gasteiger partial charge in [-0.15, -0.1) is 0 Å². The van der Waals surface area contributed by atoms with Crippen LogP contribution < -0.4 is 0 Å². The van der Waals surface area contributed by atoms with Crippen molar-refractivity contribution in [2.75, 3.05) is 46.4 Å². The second kappa shape index (κ2) is 7.19. The van der Waals surface area contributed by atoms with Gasteiger partial charge in [0.2, 0.25) is 0 Å². The number of nitrogens with zero attached hydrogens (tertiary/aromatic N) is 4. The Bertz CT molecular complexity index is 411. The molecule has 0 aromatic carbocycles. The summed E-state index contributed by atoms with van der Waals surface area (Å²) in [6, 6.07) is 5.94. The summed E-state index contributed by atoms with van der Waals surface area (Å²) >= 11 is 0. The highest BCUT2D eigenvalue weighted by atomic mass is 16.5. The van der Waals surface area contributed by atoms with Crippen LogP contribution in [-0.4, -0.2) is 61.2 Å². The largest absolute Gasteiger partial charge is 0.379 e. The van der Waals surface area contributed by atoms with Gasteiger partial charge in [0.15, 0.2) is 0 Å². The molecule has 102 valence electrons. The number of aromatic nitrogens is 1. The first-order chi connectivity index (χ1) is 9.31. The van der Waals surface area contributed by atoms with E-state index in [4.69, 9.17) is 4.74 Å². The van der Waals surface area contributed by atoms with Gasteiger partial charge in [0.1, 0.15) is 6.04 Å². The molecule has 5 heteroatoms. The van der Waals surface area contributed by atoms with E-state index in [1.165, 1.54) is 0 Å². The summed E-state index contributed by atoms with van der Waals surface area (Å²) in [5.74, 6) is 0. The third-order valence-corrected chi connectivity index (χ3v) is 3.44. The summed E-state index contributed by atoms with van der Waals surface area (Å²) in [6.45, 7) is 5.43. The van der Waals surface area contributed by atoms with E-state index in [0.29, 0.717) is 0 Å². The molecule has 0 aliphatic carbocycles. The highest BCUT2D eigenvalue weighted by Crippen LogP contribution is 2.16. The zero-order valence-corrected chi connectivity index (χ0v) is 11.3. The zero-order chi connectivity index (χ0) is 13.5. The molecule has 1 saturated heterocycles. The maximum atomic E-state index is 9.33. The van der Waals surface area contributed by atoms with Gasteiger partial charge < -0.3 is 4.74 Å². The zero-order valence-electron chi connectivity index (χ0n) is 11.3. The monoisotopic (exact) mass is 260 g/mol. The van der Waals surface area contributed by atoms with Crippen LogP contribution in [0, 0.1) is 11.3 Å². The average Bonchev–Trinajstić information content (AvgIpc) is 2.48. The van der Waals surface area contributed by atoms with Crippen molar-refractivity contribution in [2.45, 2.75) is 6.04 Å². The SMILES string of the molecule is CN(CCN1CCOCC1)C(C#N)c1cccnc1. The molecule has 1 atom stereocenters. The van der Waals surface area contributed by atoms with Crippen molar-refractivity contribution in [1.82, 2.24) is 14.8 Å². The van der Waals surface area contributed by atoms with E-state index in [1.54, 1.807) is 12.4 Å². The molecule has 1 aliphatic rings. The normalized spacial score (nSPS) is 18.2. The Morgan fingerprint density at radius 1 is 1.53 bits per heavy atom. The number of nitriles is 1. The molecule has 0 radical (unpaired) electrons.